The summed E-state index contributed by atoms with van der Waals surface area (Å²) >= 11 is 0. The number of benzene rings is 2. The van der Waals surface area contributed by atoms with Crippen LogP contribution < -0.4 is 14.5 Å². The first-order chi connectivity index (χ1) is 16.8. The number of hydrogen-bond acceptors (Lipinski definition) is 4. The van der Waals surface area contributed by atoms with Gasteiger partial charge in [0.25, 0.3) is 5.92 Å². The Labute approximate surface area is 236 Å². The average molecular weight is 719 g/mol. The van der Waals surface area contributed by atoms with E-state index in [4.69, 9.17) is 4.74 Å². The van der Waals surface area contributed by atoms with E-state index >= 15 is 8.78 Å². The number of ether oxygens (including phenoxy) is 1. The second-order valence-electron chi connectivity index (χ2n) is 8.95. The predicted octanol–water partition coefficient (Wildman–Crippen LogP) is 6.23. The predicted molar refractivity (Wildman–Crippen MR) is 134 cm³/mol. The van der Waals surface area contributed by atoms with Crippen molar-refractivity contribution in [1.82, 2.24) is 0 Å². The Morgan fingerprint density at radius 2 is 1.97 bits per heavy atom. The SMILES string of the molecule is C/C=C\N(C[C@@H]1CC(CN([C-]=O)c2ccccc2OCC)CCC1(F)F)c1cc(C#N)ccc1C.[U]. The second-order valence-corrected chi connectivity index (χ2v) is 8.95. The van der Waals surface area contributed by atoms with E-state index in [-0.39, 0.29) is 56.4 Å². The third-order valence-electron chi connectivity index (χ3n) is 6.50. The number of nitriles is 1. The first-order valence-electron chi connectivity index (χ1n) is 12.0. The first-order valence-corrected chi connectivity index (χ1v) is 12.0. The van der Waals surface area contributed by atoms with E-state index in [1.54, 1.807) is 30.5 Å². The summed E-state index contributed by atoms with van der Waals surface area (Å²) in [6.07, 6.45) is 5.93. The summed E-state index contributed by atoms with van der Waals surface area (Å²) in [4.78, 5) is 15.1. The van der Waals surface area contributed by atoms with E-state index < -0.39 is 11.8 Å². The molecule has 0 radical (unpaired) electrons. The van der Waals surface area contributed by atoms with Crippen molar-refractivity contribution in [3.63, 3.8) is 0 Å². The van der Waals surface area contributed by atoms with Crippen LogP contribution in [-0.4, -0.2) is 32.0 Å². The van der Waals surface area contributed by atoms with Gasteiger partial charge in [-0.1, -0.05) is 30.0 Å². The zero-order valence-corrected chi connectivity index (χ0v) is 25.2. The van der Waals surface area contributed by atoms with Gasteiger partial charge in [-0.3, -0.25) is 0 Å². The van der Waals surface area contributed by atoms with Gasteiger partial charge in [-0.15, -0.1) is 6.07 Å². The summed E-state index contributed by atoms with van der Waals surface area (Å²) < 4.78 is 35.8. The van der Waals surface area contributed by atoms with Crippen molar-refractivity contribution in [2.75, 3.05) is 29.5 Å². The number of nitrogens with zero attached hydrogens (tertiary/aromatic N) is 3. The third-order valence-corrected chi connectivity index (χ3v) is 6.50. The first kappa shape index (κ1) is 29.9. The van der Waals surface area contributed by atoms with E-state index in [0.29, 0.717) is 36.6 Å². The molecule has 1 fully saturated rings. The van der Waals surface area contributed by atoms with Gasteiger partial charge < -0.3 is 19.3 Å². The maximum atomic E-state index is 15.1. The van der Waals surface area contributed by atoms with E-state index in [9.17, 15) is 10.1 Å². The Bertz CT molecular complexity index is 1090. The quantitative estimate of drug-likeness (QED) is 0.216. The molecule has 1 aliphatic rings. The minimum Gasteiger partial charge on any atom is -0.511 e. The maximum Gasteiger partial charge on any atom is 0.252 e. The smallest absolute Gasteiger partial charge is 0.252 e. The molecule has 1 aliphatic carbocycles. The number of para-hydroxylation sites is 2. The van der Waals surface area contributed by atoms with Crippen molar-refractivity contribution < 1.29 is 49.4 Å². The average Bonchev–Trinajstić information content (AvgIpc) is 2.85. The molecular formula is C28H32F2N3O2U-. The van der Waals surface area contributed by atoms with Crippen molar-refractivity contribution >= 4 is 17.8 Å². The minimum absolute atomic E-state index is 0. The Balaban J connectivity index is 0.00000456. The number of allylic oxidation sites excluding steroid dienone is 1. The summed E-state index contributed by atoms with van der Waals surface area (Å²) in [6.45, 7) is 6.48. The summed E-state index contributed by atoms with van der Waals surface area (Å²) in [5, 5.41) is 9.31. The van der Waals surface area contributed by atoms with Gasteiger partial charge in [0, 0.05) is 55.7 Å². The number of rotatable bonds is 10. The molecule has 0 saturated heterocycles. The van der Waals surface area contributed by atoms with Crippen LogP contribution in [0, 0.1) is 61.2 Å². The molecule has 5 nitrogen and oxygen atoms in total. The molecule has 2 aromatic rings. The fourth-order valence-electron chi connectivity index (χ4n) is 4.71. The minimum atomic E-state index is -2.82. The van der Waals surface area contributed by atoms with Gasteiger partial charge in [-0.2, -0.15) is 5.26 Å². The van der Waals surface area contributed by atoms with Crippen molar-refractivity contribution in [2.45, 2.75) is 46.0 Å². The largest absolute Gasteiger partial charge is 0.511 e. The monoisotopic (exact) mass is 718 g/mol. The Morgan fingerprint density at radius 3 is 2.64 bits per heavy atom. The van der Waals surface area contributed by atoms with Gasteiger partial charge in [0.2, 0.25) is 0 Å². The number of alkyl halides is 2. The molecule has 3 rings (SSSR count). The summed E-state index contributed by atoms with van der Waals surface area (Å²) in [5.41, 5.74) is 2.73. The van der Waals surface area contributed by atoms with Gasteiger partial charge >= 0.3 is 0 Å². The molecule has 1 unspecified atom stereocenters. The zero-order valence-electron chi connectivity index (χ0n) is 21.0. The number of amides is 1. The third kappa shape index (κ3) is 7.34. The van der Waals surface area contributed by atoms with Crippen LogP contribution in [0.4, 0.5) is 20.2 Å². The molecule has 8 heteroatoms. The number of carbonyl (C=O) groups excluding carboxylic acids is 1. The van der Waals surface area contributed by atoms with Gasteiger partial charge in [0.05, 0.1) is 30.4 Å². The molecule has 0 bridgehead atoms. The van der Waals surface area contributed by atoms with Crippen LogP contribution >= 0.6 is 0 Å². The van der Waals surface area contributed by atoms with Crippen LogP contribution in [0.2, 0.25) is 0 Å². The van der Waals surface area contributed by atoms with Crippen molar-refractivity contribution in [1.29, 1.82) is 5.26 Å². The Kier molecular flexibility index (Phi) is 11.5. The van der Waals surface area contributed by atoms with Crippen molar-refractivity contribution in [3.05, 3.63) is 65.9 Å². The topological polar surface area (TPSA) is 56.6 Å². The maximum absolute atomic E-state index is 15.1. The number of halogens is 2. The molecular weight excluding hydrogens is 686 g/mol. The number of aryl methyl sites for hydroxylation is 1. The second kappa shape index (κ2) is 13.8. The summed E-state index contributed by atoms with van der Waals surface area (Å²) in [5.74, 6) is -3.26. The molecule has 2 atom stereocenters. The molecule has 190 valence electrons. The van der Waals surface area contributed by atoms with E-state index in [2.05, 4.69) is 6.07 Å². The van der Waals surface area contributed by atoms with Crippen LogP contribution in [0.3, 0.4) is 0 Å². The van der Waals surface area contributed by atoms with Crippen LogP contribution in [0.15, 0.2) is 54.7 Å². The fourth-order valence-corrected chi connectivity index (χ4v) is 4.71. The van der Waals surface area contributed by atoms with Crippen molar-refractivity contribution in [3.8, 4) is 11.8 Å². The van der Waals surface area contributed by atoms with Crippen LogP contribution in [0.1, 0.15) is 44.2 Å². The van der Waals surface area contributed by atoms with Crippen molar-refractivity contribution in [2.24, 2.45) is 11.8 Å². The summed E-state index contributed by atoms with van der Waals surface area (Å²) in [7, 11) is 0. The van der Waals surface area contributed by atoms with E-state index in [0.717, 1.165) is 11.3 Å². The normalized spacial score (nSPS) is 18.7. The van der Waals surface area contributed by atoms with Gasteiger partial charge in [-0.05, 0) is 76.0 Å². The van der Waals surface area contributed by atoms with Gasteiger partial charge in [0.1, 0.15) is 0 Å². The number of anilines is 2. The zero-order chi connectivity index (χ0) is 25.4. The van der Waals surface area contributed by atoms with E-state index in [1.807, 2.05) is 56.4 Å². The molecule has 2 aromatic carbocycles. The fraction of sp³-hybridized carbons (Fsp3) is 0.429. The van der Waals surface area contributed by atoms with Crippen LogP contribution in [-0.2, 0) is 4.79 Å². The van der Waals surface area contributed by atoms with Gasteiger partial charge in [-0.25, -0.2) is 8.78 Å². The Morgan fingerprint density at radius 1 is 1.22 bits per heavy atom. The number of hydrogen-bond donors (Lipinski definition) is 0. The molecule has 0 heterocycles. The molecule has 0 aromatic heterocycles. The summed E-state index contributed by atoms with van der Waals surface area (Å²) in [6, 6.07) is 14.6. The molecule has 0 aliphatic heterocycles. The van der Waals surface area contributed by atoms with E-state index in [1.165, 1.54) is 4.90 Å². The molecule has 1 saturated carbocycles. The molecule has 1 amide bonds. The Hall–Kier alpha value is -2.35. The molecule has 36 heavy (non-hydrogen) atoms. The molecule has 0 N–H and O–H groups in total. The standard InChI is InChI=1S/C28H32F2N3O2.U/c1-4-14-32(26-16-22(17-31)11-10-21(26)3)19-24-15-23(12-13-28(24,29)30)18-33(20-34)25-8-6-7-9-27(25)35-5-2;/h4,6-11,14,16,23-24H,5,12-13,15,18-19H2,1-3H3;/q-1;/b14-4-;/t23?,24-;/m0./s1. The van der Waals surface area contributed by atoms with Crippen LogP contribution in [0.5, 0.6) is 5.75 Å². The van der Waals surface area contributed by atoms with Gasteiger partial charge in [0.15, 0.2) is 0 Å². The van der Waals surface area contributed by atoms with Crippen LogP contribution in [0.25, 0.3) is 0 Å². The molecule has 0 spiro atoms.